The molecule has 1 heterocycles. The topological polar surface area (TPSA) is 103 Å². The summed E-state index contributed by atoms with van der Waals surface area (Å²) in [7, 11) is 1.51. The monoisotopic (exact) mass is 592 g/mol. The third-order valence-corrected chi connectivity index (χ3v) is 7.39. The smallest absolute Gasteiger partial charge is 0.341 e. The molecule has 2 amide bonds. The number of halogens is 1. The van der Waals surface area contributed by atoms with Gasteiger partial charge in [0.25, 0.3) is 11.8 Å². The number of aryl methyl sites for hydroxylation is 1. The zero-order valence-electron chi connectivity index (χ0n) is 22.9. The molecule has 0 aliphatic carbocycles. The molecule has 1 aromatic heterocycles. The van der Waals surface area contributed by atoms with Crippen molar-refractivity contribution in [3.05, 3.63) is 93.8 Å². The highest BCUT2D eigenvalue weighted by Gasteiger charge is 2.26. The number of methoxy groups -OCH3 is 1. The minimum atomic E-state index is -0.826. The lowest BCUT2D eigenvalue weighted by Crippen LogP contribution is -2.30. The molecule has 8 nitrogen and oxygen atoms in total. The fourth-order valence-corrected chi connectivity index (χ4v) is 5.41. The number of esters is 1. The van der Waals surface area contributed by atoms with Crippen LogP contribution in [0.3, 0.4) is 0 Å². The van der Waals surface area contributed by atoms with Gasteiger partial charge in [0.1, 0.15) is 22.1 Å². The molecule has 0 aliphatic heterocycles. The number of carbonyl (C=O) groups excluding carboxylic acids is 3. The van der Waals surface area contributed by atoms with E-state index in [2.05, 4.69) is 10.6 Å². The van der Waals surface area contributed by atoms with Crippen LogP contribution in [0.2, 0.25) is 5.02 Å². The summed E-state index contributed by atoms with van der Waals surface area (Å²) in [5.41, 5.74) is 2.78. The Balaban J connectivity index is 1.45. The lowest BCUT2D eigenvalue weighted by atomic mass is 10.0. The van der Waals surface area contributed by atoms with Crippen molar-refractivity contribution in [3.63, 3.8) is 0 Å². The van der Waals surface area contributed by atoms with Gasteiger partial charge in [-0.15, -0.1) is 11.3 Å². The van der Waals surface area contributed by atoms with Gasteiger partial charge in [0.15, 0.2) is 6.10 Å². The summed E-state index contributed by atoms with van der Waals surface area (Å²) in [6.07, 6.45) is -0.826. The Hall–Kier alpha value is -4.34. The summed E-state index contributed by atoms with van der Waals surface area (Å²) < 4.78 is 16.2. The molecule has 0 saturated heterocycles. The molecule has 0 saturated carbocycles. The molecule has 0 spiro atoms. The number of rotatable bonds is 10. The molecule has 0 aliphatic rings. The van der Waals surface area contributed by atoms with Gasteiger partial charge in [-0.25, -0.2) is 4.79 Å². The second-order valence-corrected chi connectivity index (χ2v) is 10.5. The molecule has 212 valence electrons. The number of carbonyl (C=O) groups is 3. The van der Waals surface area contributed by atoms with E-state index in [0.29, 0.717) is 38.3 Å². The first-order chi connectivity index (χ1) is 19.7. The fraction of sp³-hybridized carbons (Fsp3) is 0.194. The van der Waals surface area contributed by atoms with Crippen molar-refractivity contribution >= 4 is 51.4 Å². The number of nitrogens with one attached hydrogen (secondary N) is 2. The van der Waals surface area contributed by atoms with E-state index in [1.165, 1.54) is 18.4 Å². The first kappa shape index (κ1) is 29.6. The van der Waals surface area contributed by atoms with Crippen molar-refractivity contribution in [2.45, 2.75) is 26.9 Å². The van der Waals surface area contributed by atoms with Crippen molar-refractivity contribution in [2.24, 2.45) is 0 Å². The number of thiophene rings is 1. The summed E-state index contributed by atoms with van der Waals surface area (Å²) in [5.74, 6) is -0.366. The third kappa shape index (κ3) is 7.06. The Morgan fingerprint density at radius 3 is 2.32 bits per heavy atom. The number of benzene rings is 3. The van der Waals surface area contributed by atoms with E-state index in [0.717, 1.165) is 16.0 Å². The Bertz CT molecular complexity index is 1550. The molecule has 1 unspecified atom stereocenters. The molecule has 10 heteroatoms. The summed E-state index contributed by atoms with van der Waals surface area (Å²) in [4.78, 5) is 39.6. The molecule has 3 aromatic carbocycles. The van der Waals surface area contributed by atoms with Crippen LogP contribution in [-0.2, 0) is 9.53 Å². The predicted molar refractivity (Wildman–Crippen MR) is 162 cm³/mol. The Kier molecular flexibility index (Phi) is 9.65. The SMILES string of the molecule is CCOC(=O)c1c(NC(=O)c2ccc(OC(C)C(=O)Nc3ccc(OC)c(Cl)c3)cc2)sc(C)c1-c1ccccc1. The van der Waals surface area contributed by atoms with Gasteiger partial charge in [-0.05, 0) is 68.8 Å². The summed E-state index contributed by atoms with van der Waals surface area (Å²) in [5, 5.41) is 6.40. The van der Waals surface area contributed by atoms with Gasteiger partial charge in [0.2, 0.25) is 0 Å². The molecular weight excluding hydrogens is 564 g/mol. The van der Waals surface area contributed by atoms with Gasteiger partial charge in [0.05, 0.1) is 18.7 Å². The molecule has 0 radical (unpaired) electrons. The Labute approximate surface area is 247 Å². The first-order valence-electron chi connectivity index (χ1n) is 12.8. The normalized spacial score (nSPS) is 11.3. The maximum atomic E-state index is 13.1. The van der Waals surface area contributed by atoms with Crippen molar-refractivity contribution in [1.82, 2.24) is 0 Å². The van der Waals surface area contributed by atoms with Gasteiger partial charge in [-0.2, -0.15) is 0 Å². The van der Waals surface area contributed by atoms with E-state index in [9.17, 15) is 14.4 Å². The lowest BCUT2D eigenvalue weighted by molar-refractivity contribution is -0.122. The van der Waals surface area contributed by atoms with E-state index in [1.807, 2.05) is 37.3 Å². The van der Waals surface area contributed by atoms with Crippen LogP contribution in [0.25, 0.3) is 11.1 Å². The second-order valence-electron chi connectivity index (χ2n) is 8.90. The molecule has 41 heavy (non-hydrogen) atoms. The van der Waals surface area contributed by atoms with E-state index >= 15 is 0 Å². The molecule has 0 fully saturated rings. The standard InChI is InChI=1S/C31H29ClN2O6S/c1-5-39-31(37)27-26(20-9-7-6-8-10-20)19(3)41-30(27)34-29(36)21-11-14-23(15-12-21)40-18(2)28(35)33-22-13-16-25(38-4)24(32)17-22/h6-18H,5H2,1-4H3,(H,33,35)(H,34,36). The zero-order valence-corrected chi connectivity index (χ0v) is 24.5. The highest BCUT2D eigenvalue weighted by atomic mass is 35.5. The van der Waals surface area contributed by atoms with Crippen LogP contribution >= 0.6 is 22.9 Å². The van der Waals surface area contributed by atoms with Gasteiger partial charge in [-0.1, -0.05) is 41.9 Å². The molecule has 0 bridgehead atoms. The van der Waals surface area contributed by atoms with Crippen LogP contribution in [0.5, 0.6) is 11.5 Å². The number of hydrogen-bond acceptors (Lipinski definition) is 7. The van der Waals surface area contributed by atoms with E-state index < -0.39 is 18.0 Å². The van der Waals surface area contributed by atoms with Crippen LogP contribution in [0, 0.1) is 6.92 Å². The predicted octanol–water partition coefficient (Wildman–Crippen LogP) is 7.22. The second kappa shape index (κ2) is 13.3. The highest BCUT2D eigenvalue weighted by molar-refractivity contribution is 7.17. The molecule has 1 atom stereocenters. The van der Waals surface area contributed by atoms with E-state index in [1.54, 1.807) is 56.3 Å². The number of hydrogen-bond donors (Lipinski definition) is 2. The van der Waals surface area contributed by atoms with Crippen LogP contribution in [-0.4, -0.2) is 37.6 Å². The summed E-state index contributed by atoms with van der Waals surface area (Å²) >= 11 is 7.44. The number of amides is 2. The lowest BCUT2D eigenvalue weighted by Gasteiger charge is -2.15. The Morgan fingerprint density at radius 2 is 1.68 bits per heavy atom. The zero-order chi connectivity index (χ0) is 29.5. The van der Waals surface area contributed by atoms with E-state index in [-0.39, 0.29) is 12.5 Å². The third-order valence-electron chi connectivity index (χ3n) is 6.07. The Morgan fingerprint density at radius 1 is 0.976 bits per heavy atom. The van der Waals surface area contributed by atoms with Crippen LogP contribution in [0.15, 0.2) is 72.8 Å². The molecule has 4 aromatic rings. The molecule has 2 N–H and O–H groups in total. The minimum Gasteiger partial charge on any atom is -0.495 e. The van der Waals surface area contributed by atoms with Crippen molar-refractivity contribution < 1.29 is 28.6 Å². The largest absolute Gasteiger partial charge is 0.495 e. The molecule has 4 rings (SSSR count). The highest BCUT2D eigenvalue weighted by Crippen LogP contribution is 2.40. The van der Waals surface area contributed by atoms with Crippen molar-refractivity contribution in [3.8, 4) is 22.6 Å². The average Bonchev–Trinajstić information content (AvgIpc) is 3.29. The molecular formula is C31H29ClN2O6S. The quantitative estimate of drug-likeness (QED) is 0.188. The van der Waals surface area contributed by atoms with Crippen molar-refractivity contribution in [2.75, 3.05) is 24.4 Å². The van der Waals surface area contributed by atoms with Crippen LogP contribution in [0.1, 0.15) is 39.4 Å². The summed E-state index contributed by atoms with van der Waals surface area (Å²) in [6.45, 7) is 5.46. The first-order valence-corrected chi connectivity index (χ1v) is 14.0. The number of anilines is 2. The maximum Gasteiger partial charge on any atom is 0.341 e. The van der Waals surface area contributed by atoms with Gasteiger partial charge in [0, 0.05) is 21.7 Å². The average molecular weight is 593 g/mol. The van der Waals surface area contributed by atoms with Gasteiger partial charge in [-0.3, -0.25) is 9.59 Å². The maximum absolute atomic E-state index is 13.1. The van der Waals surface area contributed by atoms with Crippen LogP contribution in [0.4, 0.5) is 10.7 Å². The number of ether oxygens (including phenoxy) is 3. The van der Waals surface area contributed by atoms with Gasteiger partial charge >= 0.3 is 5.97 Å². The van der Waals surface area contributed by atoms with E-state index in [4.69, 9.17) is 25.8 Å². The minimum absolute atomic E-state index is 0.209. The van der Waals surface area contributed by atoms with Crippen molar-refractivity contribution in [1.29, 1.82) is 0 Å². The summed E-state index contributed by atoms with van der Waals surface area (Å²) in [6, 6.07) is 20.8. The van der Waals surface area contributed by atoms with Crippen LogP contribution < -0.4 is 20.1 Å². The van der Waals surface area contributed by atoms with Gasteiger partial charge < -0.3 is 24.8 Å². The fourth-order valence-electron chi connectivity index (χ4n) is 4.09.